The molecule has 0 bridgehead atoms. The second-order valence-electron chi connectivity index (χ2n) is 6.57. The number of carbonyl (C=O) groups excluding carboxylic acids is 1. The van der Waals surface area contributed by atoms with Crippen LogP contribution in [0, 0.1) is 6.92 Å². The van der Waals surface area contributed by atoms with E-state index in [9.17, 15) is 13.2 Å². The van der Waals surface area contributed by atoms with E-state index in [1.54, 1.807) is 34.2 Å². The molecule has 0 saturated carbocycles. The summed E-state index contributed by atoms with van der Waals surface area (Å²) in [5.41, 5.74) is 1.67. The van der Waals surface area contributed by atoms with Crippen molar-refractivity contribution in [3.05, 3.63) is 41.7 Å². The van der Waals surface area contributed by atoms with E-state index in [2.05, 4.69) is 10.4 Å². The zero-order chi connectivity index (χ0) is 18.7. The minimum absolute atomic E-state index is 0.208. The van der Waals surface area contributed by atoms with Gasteiger partial charge in [0.25, 0.3) is 5.91 Å². The van der Waals surface area contributed by atoms with E-state index in [0.717, 1.165) is 31.4 Å². The maximum atomic E-state index is 12.9. The van der Waals surface area contributed by atoms with Crippen LogP contribution in [0.5, 0.6) is 0 Å². The molecule has 1 aromatic carbocycles. The van der Waals surface area contributed by atoms with Crippen molar-refractivity contribution >= 4 is 21.6 Å². The Kier molecular flexibility index (Phi) is 5.43. The van der Waals surface area contributed by atoms with Crippen LogP contribution in [0.3, 0.4) is 0 Å². The summed E-state index contributed by atoms with van der Waals surface area (Å²) in [6, 6.07) is 6.43. The number of hydrogen-bond acceptors (Lipinski definition) is 4. The van der Waals surface area contributed by atoms with Crippen LogP contribution in [0.15, 0.2) is 35.4 Å². The Hall–Kier alpha value is -2.19. The SMILES string of the molecule is Cc1c(C(=O)Nc2cccc(S(=O)(=O)N3CCCCCC3)c2)cnn1C. The minimum Gasteiger partial charge on any atom is -0.322 e. The van der Waals surface area contributed by atoms with Crippen molar-refractivity contribution < 1.29 is 13.2 Å². The highest BCUT2D eigenvalue weighted by molar-refractivity contribution is 7.89. The maximum Gasteiger partial charge on any atom is 0.259 e. The van der Waals surface area contributed by atoms with Crippen LogP contribution < -0.4 is 5.32 Å². The van der Waals surface area contributed by atoms with Crippen molar-refractivity contribution in [1.82, 2.24) is 14.1 Å². The van der Waals surface area contributed by atoms with Crippen molar-refractivity contribution in [1.29, 1.82) is 0 Å². The summed E-state index contributed by atoms with van der Waals surface area (Å²) in [4.78, 5) is 12.6. The highest BCUT2D eigenvalue weighted by Crippen LogP contribution is 2.23. The molecule has 0 spiro atoms. The summed E-state index contributed by atoms with van der Waals surface area (Å²) >= 11 is 0. The number of sulfonamides is 1. The third-order valence-electron chi connectivity index (χ3n) is 4.77. The second-order valence-corrected chi connectivity index (χ2v) is 8.51. The highest BCUT2D eigenvalue weighted by atomic mass is 32.2. The molecule has 0 radical (unpaired) electrons. The Bertz CT molecular complexity index is 897. The summed E-state index contributed by atoms with van der Waals surface area (Å²) in [5, 5.41) is 6.82. The molecule has 1 aliphatic rings. The molecule has 1 saturated heterocycles. The lowest BCUT2D eigenvalue weighted by molar-refractivity contribution is 0.102. The lowest BCUT2D eigenvalue weighted by Gasteiger charge is -2.20. The zero-order valence-electron chi connectivity index (χ0n) is 15.1. The van der Waals surface area contributed by atoms with Gasteiger partial charge < -0.3 is 5.32 Å². The van der Waals surface area contributed by atoms with E-state index in [1.165, 1.54) is 12.3 Å². The topological polar surface area (TPSA) is 84.3 Å². The molecule has 3 rings (SSSR count). The molecule has 1 aromatic heterocycles. The summed E-state index contributed by atoms with van der Waals surface area (Å²) in [6.45, 7) is 2.91. The van der Waals surface area contributed by atoms with Crippen LogP contribution in [0.25, 0.3) is 0 Å². The number of carbonyl (C=O) groups is 1. The van der Waals surface area contributed by atoms with Crippen LogP contribution >= 0.6 is 0 Å². The number of aryl methyl sites for hydroxylation is 1. The fourth-order valence-electron chi connectivity index (χ4n) is 3.09. The Morgan fingerprint density at radius 2 is 1.85 bits per heavy atom. The first-order valence-corrected chi connectivity index (χ1v) is 10.2. The molecular formula is C18H24N4O3S. The third kappa shape index (κ3) is 3.81. The quantitative estimate of drug-likeness (QED) is 0.889. The van der Waals surface area contributed by atoms with E-state index in [-0.39, 0.29) is 10.8 Å². The van der Waals surface area contributed by atoms with Crippen molar-refractivity contribution in [2.45, 2.75) is 37.5 Å². The molecule has 1 fully saturated rings. The molecule has 8 heteroatoms. The highest BCUT2D eigenvalue weighted by Gasteiger charge is 2.25. The van der Waals surface area contributed by atoms with Crippen LogP contribution in [0.1, 0.15) is 41.7 Å². The number of amides is 1. The first kappa shape index (κ1) is 18.6. The summed E-state index contributed by atoms with van der Waals surface area (Å²) in [5.74, 6) is -0.306. The first-order valence-electron chi connectivity index (χ1n) is 8.80. The number of rotatable bonds is 4. The van der Waals surface area contributed by atoms with Gasteiger partial charge in [-0.3, -0.25) is 9.48 Å². The van der Waals surface area contributed by atoms with Gasteiger partial charge in [-0.1, -0.05) is 18.9 Å². The molecule has 1 N–H and O–H groups in total. The van der Waals surface area contributed by atoms with Gasteiger partial charge in [0.2, 0.25) is 10.0 Å². The predicted molar refractivity (Wildman–Crippen MR) is 99.6 cm³/mol. The van der Waals surface area contributed by atoms with Crippen molar-refractivity contribution in [3.8, 4) is 0 Å². The second kappa shape index (κ2) is 7.59. The van der Waals surface area contributed by atoms with Gasteiger partial charge in [-0.15, -0.1) is 0 Å². The maximum absolute atomic E-state index is 12.9. The number of benzene rings is 1. The molecule has 1 amide bonds. The van der Waals surface area contributed by atoms with Gasteiger partial charge in [-0.05, 0) is 38.0 Å². The smallest absolute Gasteiger partial charge is 0.259 e. The van der Waals surface area contributed by atoms with Crippen LogP contribution in [-0.2, 0) is 17.1 Å². The number of aromatic nitrogens is 2. The van der Waals surface area contributed by atoms with E-state index >= 15 is 0 Å². The van der Waals surface area contributed by atoms with Gasteiger partial charge in [0.1, 0.15) is 0 Å². The average Bonchev–Trinajstić information content (AvgIpc) is 2.82. The number of hydrogen-bond donors (Lipinski definition) is 1. The van der Waals surface area contributed by atoms with Crippen LogP contribution in [0.4, 0.5) is 5.69 Å². The monoisotopic (exact) mass is 376 g/mol. The Balaban J connectivity index is 1.81. The predicted octanol–water partition coefficient (Wildman–Crippen LogP) is 2.55. The molecule has 7 nitrogen and oxygen atoms in total. The Labute approximate surface area is 154 Å². The normalized spacial score (nSPS) is 16.2. The first-order chi connectivity index (χ1) is 12.4. The summed E-state index contributed by atoms with van der Waals surface area (Å²) in [7, 11) is -1.78. The van der Waals surface area contributed by atoms with Crippen molar-refractivity contribution in [2.24, 2.45) is 7.05 Å². The molecule has 2 aromatic rings. The number of nitrogens with zero attached hydrogens (tertiary/aromatic N) is 3. The van der Waals surface area contributed by atoms with Crippen molar-refractivity contribution in [2.75, 3.05) is 18.4 Å². The average molecular weight is 376 g/mol. The molecule has 0 unspecified atom stereocenters. The molecule has 0 atom stereocenters. The largest absolute Gasteiger partial charge is 0.322 e. The Morgan fingerprint density at radius 1 is 1.15 bits per heavy atom. The van der Waals surface area contributed by atoms with Gasteiger partial charge in [0.05, 0.1) is 16.7 Å². The van der Waals surface area contributed by atoms with E-state index in [4.69, 9.17) is 0 Å². The third-order valence-corrected chi connectivity index (χ3v) is 6.67. The van der Waals surface area contributed by atoms with Gasteiger partial charge in [-0.2, -0.15) is 9.40 Å². The lowest BCUT2D eigenvalue weighted by Crippen LogP contribution is -2.32. The fourth-order valence-corrected chi connectivity index (χ4v) is 4.65. The van der Waals surface area contributed by atoms with E-state index in [0.29, 0.717) is 24.3 Å². The zero-order valence-corrected chi connectivity index (χ0v) is 15.9. The Morgan fingerprint density at radius 3 is 2.46 bits per heavy atom. The van der Waals surface area contributed by atoms with E-state index < -0.39 is 10.0 Å². The standard InChI is InChI=1S/C18H24N4O3S/c1-14-17(13-19-21(14)2)18(23)20-15-8-7-9-16(12-15)26(24,25)22-10-5-3-4-6-11-22/h7-9,12-13H,3-6,10-11H2,1-2H3,(H,20,23). The molecular weight excluding hydrogens is 352 g/mol. The van der Waals surface area contributed by atoms with Gasteiger partial charge >= 0.3 is 0 Å². The van der Waals surface area contributed by atoms with Gasteiger partial charge in [0.15, 0.2) is 0 Å². The fraction of sp³-hybridized carbons (Fsp3) is 0.444. The van der Waals surface area contributed by atoms with E-state index in [1.807, 2.05) is 6.92 Å². The number of anilines is 1. The van der Waals surface area contributed by atoms with Crippen LogP contribution in [-0.4, -0.2) is 41.5 Å². The minimum atomic E-state index is -3.55. The molecule has 1 aliphatic heterocycles. The molecule has 0 aliphatic carbocycles. The molecule has 26 heavy (non-hydrogen) atoms. The van der Waals surface area contributed by atoms with Crippen LogP contribution in [0.2, 0.25) is 0 Å². The van der Waals surface area contributed by atoms with Gasteiger partial charge in [0, 0.05) is 31.5 Å². The molecule has 2 heterocycles. The summed E-state index contributed by atoms with van der Waals surface area (Å²) < 4.78 is 29.0. The number of nitrogens with one attached hydrogen (secondary N) is 1. The van der Waals surface area contributed by atoms with Gasteiger partial charge in [-0.25, -0.2) is 8.42 Å². The summed E-state index contributed by atoms with van der Waals surface area (Å²) in [6.07, 6.45) is 5.40. The van der Waals surface area contributed by atoms with Crippen molar-refractivity contribution in [3.63, 3.8) is 0 Å². The lowest BCUT2D eigenvalue weighted by atomic mass is 10.2. The molecule has 140 valence electrons.